The van der Waals surface area contributed by atoms with Gasteiger partial charge in [-0.25, -0.2) is 5.48 Å². The van der Waals surface area contributed by atoms with E-state index in [9.17, 15) is 4.79 Å². The van der Waals surface area contributed by atoms with Crippen LogP contribution in [0.2, 0.25) is 0 Å². The molecule has 0 spiro atoms. The monoisotopic (exact) mass is 331 g/mol. The van der Waals surface area contributed by atoms with E-state index in [1.165, 1.54) is 0 Å². The van der Waals surface area contributed by atoms with E-state index in [1.54, 1.807) is 26.3 Å². The molecule has 1 aromatic rings. The molecule has 0 fully saturated rings. The minimum absolute atomic E-state index is 0.519. The normalized spacial score (nSPS) is 11.7. The lowest BCUT2D eigenvalue weighted by molar-refractivity contribution is -0.132. The van der Waals surface area contributed by atoms with Crippen LogP contribution in [0.4, 0.5) is 0 Å². The summed E-state index contributed by atoms with van der Waals surface area (Å²) in [6.07, 6.45) is 0.677. The molecule has 1 aromatic carbocycles. The van der Waals surface area contributed by atoms with Crippen LogP contribution in [-0.2, 0) is 4.79 Å². The van der Waals surface area contributed by atoms with E-state index in [4.69, 9.17) is 15.7 Å². The second-order valence-corrected chi connectivity index (χ2v) is 5.90. The summed E-state index contributed by atoms with van der Waals surface area (Å²) >= 11 is 0. The predicted octanol–water partition coefficient (Wildman–Crippen LogP) is 1.65. The molecule has 0 bridgehead atoms. The molecule has 0 saturated carbocycles. The van der Waals surface area contributed by atoms with Gasteiger partial charge in [0.25, 0.3) is 5.91 Å². The molecule has 1 unspecified atom stereocenters. The molecule has 24 heavy (non-hydrogen) atoms. The van der Waals surface area contributed by atoms with E-state index >= 15 is 0 Å². The average molecular weight is 331 g/mol. The van der Waals surface area contributed by atoms with Crippen molar-refractivity contribution in [2.24, 2.45) is 5.73 Å². The number of ether oxygens (including phenoxy) is 1. The molecule has 1 amide bonds. The second kappa shape index (κ2) is 8.96. The van der Waals surface area contributed by atoms with Gasteiger partial charge in [0.15, 0.2) is 0 Å². The molecule has 0 heterocycles. The van der Waals surface area contributed by atoms with Gasteiger partial charge in [0.05, 0.1) is 6.61 Å². The summed E-state index contributed by atoms with van der Waals surface area (Å²) in [5.74, 6) is 5.85. The third-order valence-electron chi connectivity index (χ3n) is 3.31. The fraction of sp³-hybridized carbons (Fsp3) is 0.389. The lowest BCUT2D eigenvalue weighted by atomic mass is 9.94. The Kier molecular flexibility index (Phi) is 7.31. The first-order valence-corrected chi connectivity index (χ1v) is 7.60. The van der Waals surface area contributed by atoms with Gasteiger partial charge < -0.3 is 15.8 Å². The van der Waals surface area contributed by atoms with Gasteiger partial charge in [-0.1, -0.05) is 6.58 Å². The first-order chi connectivity index (χ1) is 11.3. The predicted molar refractivity (Wildman–Crippen MR) is 94.2 cm³/mol. The zero-order valence-corrected chi connectivity index (χ0v) is 14.3. The summed E-state index contributed by atoms with van der Waals surface area (Å²) in [7, 11) is 0. The van der Waals surface area contributed by atoms with E-state index in [-0.39, 0.29) is 0 Å². The van der Waals surface area contributed by atoms with E-state index in [1.807, 2.05) is 24.3 Å². The minimum atomic E-state index is -0.890. The van der Waals surface area contributed by atoms with Crippen LogP contribution in [0, 0.1) is 11.8 Å². The van der Waals surface area contributed by atoms with Crippen molar-refractivity contribution in [3.05, 3.63) is 36.4 Å². The molecule has 0 aliphatic carbocycles. The Morgan fingerprint density at radius 2 is 2.04 bits per heavy atom. The van der Waals surface area contributed by atoms with Gasteiger partial charge in [0.1, 0.15) is 11.8 Å². The Balaban J connectivity index is 2.72. The average Bonchev–Trinajstić information content (AvgIpc) is 2.55. The number of benzene rings is 1. The van der Waals surface area contributed by atoms with Crippen molar-refractivity contribution in [2.45, 2.75) is 38.8 Å². The van der Waals surface area contributed by atoms with E-state index in [0.29, 0.717) is 18.7 Å². The lowest BCUT2D eigenvalue weighted by Crippen LogP contribution is -2.59. The fourth-order valence-corrected chi connectivity index (χ4v) is 2.01. The molecule has 1 rings (SSSR count). The van der Waals surface area contributed by atoms with Crippen molar-refractivity contribution in [3.8, 4) is 17.6 Å². The molecule has 1 atom stereocenters. The molecule has 6 heteroatoms. The van der Waals surface area contributed by atoms with Crippen molar-refractivity contribution < 1.29 is 14.7 Å². The molecule has 130 valence electrons. The molecule has 5 N–H and O–H groups in total. The zero-order chi connectivity index (χ0) is 18.2. The number of hydrogen-bond acceptors (Lipinski definition) is 5. The SMILES string of the molecule is C=C(NC(C(=O)NO)C(C)(C)N)c1ccc(OCCC#CC)cc1. The lowest BCUT2D eigenvalue weighted by Gasteiger charge is -2.30. The molecule has 0 radical (unpaired) electrons. The molecule has 0 aliphatic rings. The number of rotatable bonds is 8. The van der Waals surface area contributed by atoms with Crippen LogP contribution in [0.3, 0.4) is 0 Å². The van der Waals surface area contributed by atoms with Crippen LogP contribution < -0.4 is 21.3 Å². The minimum Gasteiger partial charge on any atom is -0.493 e. The standard InChI is InChI=1S/C18H25N3O3/c1-5-6-7-12-24-15-10-8-14(9-11-15)13(2)20-16(17(22)21-23)18(3,4)19/h8-11,16,20,23H,2,7,12,19H2,1,3-4H3,(H,21,22). The Labute approximate surface area is 143 Å². The number of carbonyl (C=O) groups excluding carboxylic acids is 1. The highest BCUT2D eigenvalue weighted by Gasteiger charge is 2.32. The fourth-order valence-electron chi connectivity index (χ4n) is 2.01. The number of hydroxylamine groups is 1. The topological polar surface area (TPSA) is 96.6 Å². The van der Waals surface area contributed by atoms with Crippen molar-refractivity contribution >= 4 is 11.6 Å². The Hall–Kier alpha value is -2.49. The van der Waals surface area contributed by atoms with Gasteiger partial charge >= 0.3 is 0 Å². The van der Waals surface area contributed by atoms with Gasteiger partial charge in [0.2, 0.25) is 0 Å². The highest BCUT2D eigenvalue weighted by Crippen LogP contribution is 2.18. The third kappa shape index (κ3) is 5.95. The summed E-state index contributed by atoms with van der Waals surface area (Å²) in [5, 5.41) is 11.8. The Morgan fingerprint density at radius 1 is 1.42 bits per heavy atom. The Bertz CT molecular complexity index is 622. The maximum atomic E-state index is 11.8. The molecule has 6 nitrogen and oxygen atoms in total. The third-order valence-corrected chi connectivity index (χ3v) is 3.31. The summed E-state index contributed by atoms with van der Waals surface area (Å²) in [6.45, 7) is 9.61. The first kappa shape index (κ1) is 19.6. The van der Waals surface area contributed by atoms with Crippen LogP contribution in [-0.4, -0.2) is 29.3 Å². The summed E-state index contributed by atoms with van der Waals surface area (Å²) in [6, 6.07) is 6.45. The molecule has 0 aromatic heterocycles. The number of nitrogens with one attached hydrogen (secondary N) is 2. The smallest absolute Gasteiger partial charge is 0.267 e. The van der Waals surface area contributed by atoms with Gasteiger partial charge in [-0.15, -0.1) is 11.8 Å². The van der Waals surface area contributed by atoms with Crippen molar-refractivity contribution in [3.63, 3.8) is 0 Å². The van der Waals surface area contributed by atoms with Gasteiger partial charge in [0, 0.05) is 17.7 Å². The highest BCUT2D eigenvalue weighted by atomic mass is 16.5. The number of hydrogen-bond donors (Lipinski definition) is 4. The van der Waals surface area contributed by atoms with Crippen LogP contribution in [0.1, 0.15) is 32.8 Å². The molecule has 0 aliphatic heterocycles. The molecular weight excluding hydrogens is 306 g/mol. The number of amides is 1. The highest BCUT2D eigenvalue weighted by molar-refractivity contribution is 5.84. The van der Waals surface area contributed by atoms with Crippen LogP contribution >= 0.6 is 0 Å². The van der Waals surface area contributed by atoms with Crippen molar-refractivity contribution in [1.29, 1.82) is 0 Å². The molecular formula is C18H25N3O3. The van der Waals surface area contributed by atoms with Gasteiger partial charge in [-0.3, -0.25) is 10.0 Å². The van der Waals surface area contributed by atoms with Crippen molar-refractivity contribution in [1.82, 2.24) is 10.8 Å². The zero-order valence-electron chi connectivity index (χ0n) is 14.3. The summed E-state index contributed by atoms with van der Waals surface area (Å²) in [4.78, 5) is 11.8. The number of carbonyl (C=O) groups is 1. The largest absolute Gasteiger partial charge is 0.493 e. The van der Waals surface area contributed by atoms with E-state index in [2.05, 4.69) is 23.7 Å². The van der Waals surface area contributed by atoms with Crippen LogP contribution in [0.15, 0.2) is 30.8 Å². The van der Waals surface area contributed by atoms with Gasteiger partial charge in [-0.05, 0) is 50.6 Å². The quantitative estimate of drug-likeness (QED) is 0.251. The van der Waals surface area contributed by atoms with Crippen molar-refractivity contribution in [2.75, 3.05) is 6.61 Å². The summed E-state index contributed by atoms with van der Waals surface area (Å²) in [5.41, 5.74) is 8.01. The second-order valence-electron chi connectivity index (χ2n) is 5.90. The molecule has 0 saturated heterocycles. The maximum Gasteiger partial charge on any atom is 0.267 e. The number of nitrogens with two attached hydrogens (primary N) is 1. The first-order valence-electron chi connectivity index (χ1n) is 7.60. The Morgan fingerprint density at radius 3 is 2.54 bits per heavy atom. The van der Waals surface area contributed by atoms with Crippen LogP contribution in [0.5, 0.6) is 5.75 Å². The summed E-state index contributed by atoms with van der Waals surface area (Å²) < 4.78 is 5.56. The van der Waals surface area contributed by atoms with Crippen LogP contribution in [0.25, 0.3) is 5.70 Å². The van der Waals surface area contributed by atoms with Gasteiger partial charge in [-0.2, -0.15) is 0 Å². The maximum absolute atomic E-state index is 11.8. The van der Waals surface area contributed by atoms with E-state index in [0.717, 1.165) is 11.3 Å². The van der Waals surface area contributed by atoms with E-state index < -0.39 is 17.5 Å².